The van der Waals surface area contributed by atoms with Gasteiger partial charge in [-0.05, 0) is 51.8 Å². The maximum Gasteiger partial charge on any atom is 0.410 e. The van der Waals surface area contributed by atoms with E-state index in [0.29, 0.717) is 56.2 Å². The minimum atomic E-state index is -0.555. The quantitative estimate of drug-likeness (QED) is 0.547. The molecule has 0 radical (unpaired) electrons. The molecule has 2 aliphatic heterocycles. The van der Waals surface area contributed by atoms with Crippen LogP contribution in [0.1, 0.15) is 50.4 Å². The molecule has 1 aromatic carbocycles. The first-order valence-electron chi connectivity index (χ1n) is 10.3. The molecular formula is C22H29NO7. The van der Waals surface area contributed by atoms with E-state index in [1.165, 1.54) is 0 Å². The second-order valence-corrected chi connectivity index (χ2v) is 8.48. The number of esters is 1. The van der Waals surface area contributed by atoms with Gasteiger partial charge in [0.05, 0.1) is 19.1 Å². The summed E-state index contributed by atoms with van der Waals surface area (Å²) in [6.45, 7) is 7.06. The van der Waals surface area contributed by atoms with Gasteiger partial charge in [-0.3, -0.25) is 9.59 Å². The van der Waals surface area contributed by atoms with Gasteiger partial charge in [-0.25, -0.2) is 4.79 Å². The van der Waals surface area contributed by atoms with Crippen molar-refractivity contribution in [3.63, 3.8) is 0 Å². The van der Waals surface area contributed by atoms with Crippen LogP contribution in [0.3, 0.4) is 0 Å². The lowest BCUT2D eigenvalue weighted by Gasteiger charge is -2.32. The van der Waals surface area contributed by atoms with Gasteiger partial charge >= 0.3 is 12.1 Å². The van der Waals surface area contributed by atoms with E-state index >= 15 is 0 Å². The fourth-order valence-corrected chi connectivity index (χ4v) is 3.30. The molecule has 0 N–H and O–H groups in total. The molecule has 2 heterocycles. The first-order valence-corrected chi connectivity index (χ1v) is 10.3. The number of carbonyl (C=O) groups excluding carboxylic acids is 3. The summed E-state index contributed by atoms with van der Waals surface area (Å²) < 4.78 is 21.7. The Morgan fingerprint density at radius 2 is 1.73 bits per heavy atom. The molecule has 0 spiro atoms. The molecule has 0 atom stereocenters. The molecule has 30 heavy (non-hydrogen) atoms. The molecule has 0 bridgehead atoms. The van der Waals surface area contributed by atoms with Gasteiger partial charge in [0, 0.05) is 25.1 Å². The highest BCUT2D eigenvalue weighted by Gasteiger charge is 2.31. The highest BCUT2D eigenvalue weighted by atomic mass is 16.6. The SMILES string of the molecule is CC(C)(C)OC(=O)N1CCC(C(=O)OCC(=O)c2ccc3c(c2)OCCCO3)CC1. The lowest BCUT2D eigenvalue weighted by atomic mass is 9.97. The molecule has 0 saturated carbocycles. The number of fused-ring (bicyclic) bond motifs is 1. The molecular weight excluding hydrogens is 390 g/mol. The normalized spacial score (nSPS) is 17.1. The number of Topliss-reactive ketones (excluding diaryl/α,β-unsaturated/α-hetero) is 1. The van der Waals surface area contributed by atoms with E-state index < -0.39 is 11.6 Å². The third kappa shape index (κ3) is 5.87. The van der Waals surface area contributed by atoms with Gasteiger partial charge in [0.1, 0.15) is 5.60 Å². The summed E-state index contributed by atoms with van der Waals surface area (Å²) in [5, 5.41) is 0. The Balaban J connectivity index is 1.46. The van der Waals surface area contributed by atoms with Gasteiger partial charge in [0.25, 0.3) is 0 Å². The van der Waals surface area contributed by atoms with E-state index in [2.05, 4.69) is 0 Å². The maximum atomic E-state index is 12.4. The standard InChI is InChI=1S/C22H29NO7/c1-22(2,3)30-21(26)23-9-7-15(8-10-23)20(25)29-14-17(24)16-5-6-18-19(13-16)28-12-4-11-27-18/h5-6,13,15H,4,7-12,14H2,1-3H3. The number of carbonyl (C=O) groups is 3. The van der Waals surface area contributed by atoms with Gasteiger partial charge < -0.3 is 23.8 Å². The van der Waals surface area contributed by atoms with Crippen LogP contribution in [0.5, 0.6) is 11.5 Å². The first-order chi connectivity index (χ1) is 14.2. The first kappa shape index (κ1) is 21.9. The number of amides is 1. The zero-order valence-electron chi connectivity index (χ0n) is 17.8. The molecule has 0 unspecified atom stereocenters. The van der Waals surface area contributed by atoms with Gasteiger partial charge in [-0.1, -0.05) is 0 Å². The summed E-state index contributed by atoms with van der Waals surface area (Å²) in [6, 6.07) is 4.96. The second kappa shape index (κ2) is 9.36. The number of likely N-dealkylation sites (tertiary alicyclic amines) is 1. The molecule has 2 aliphatic rings. The van der Waals surface area contributed by atoms with Crippen molar-refractivity contribution in [1.29, 1.82) is 0 Å². The Labute approximate surface area is 176 Å². The van der Waals surface area contributed by atoms with Crippen LogP contribution in [0.4, 0.5) is 4.79 Å². The summed E-state index contributed by atoms with van der Waals surface area (Å²) in [7, 11) is 0. The second-order valence-electron chi connectivity index (χ2n) is 8.48. The highest BCUT2D eigenvalue weighted by Crippen LogP contribution is 2.30. The summed E-state index contributed by atoms with van der Waals surface area (Å²) in [5.41, 5.74) is -0.146. The smallest absolute Gasteiger partial charge is 0.410 e. The molecule has 3 rings (SSSR count). The van der Waals surface area contributed by atoms with Crippen LogP contribution >= 0.6 is 0 Å². The van der Waals surface area contributed by atoms with E-state index in [1.54, 1.807) is 23.1 Å². The van der Waals surface area contributed by atoms with Gasteiger partial charge in [-0.15, -0.1) is 0 Å². The topological polar surface area (TPSA) is 91.4 Å². The van der Waals surface area contributed by atoms with Crippen molar-refractivity contribution in [1.82, 2.24) is 4.90 Å². The summed E-state index contributed by atoms with van der Waals surface area (Å²) in [5.74, 6) is 0.0870. The predicted octanol–water partition coefficient (Wildman–Crippen LogP) is 3.22. The number of nitrogens with zero attached hydrogens (tertiary/aromatic N) is 1. The van der Waals surface area contributed by atoms with Gasteiger partial charge in [0.2, 0.25) is 0 Å². The fourth-order valence-electron chi connectivity index (χ4n) is 3.30. The van der Waals surface area contributed by atoms with Crippen molar-refractivity contribution >= 4 is 17.8 Å². The number of benzene rings is 1. The Morgan fingerprint density at radius 3 is 2.40 bits per heavy atom. The average molecular weight is 419 g/mol. The lowest BCUT2D eigenvalue weighted by molar-refractivity contribution is -0.149. The summed E-state index contributed by atoms with van der Waals surface area (Å²) in [4.78, 5) is 38.5. The number of hydrogen-bond acceptors (Lipinski definition) is 7. The van der Waals surface area contributed by atoms with Crippen LogP contribution in [0.25, 0.3) is 0 Å². The molecule has 1 fully saturated rings. The molecule has 0 aromatic heterocycles. The van der Waals surface area contributed by atoms with E-state index in [4.69, 9.17) is 18.9 Å². The number of ether oxygens (including phenoxy) is 4. The summed E-state index contributed by atoms with van der Waals surface area (Å²) >= 11 is 0. The number of hydrogen-bond donors (Lipinski definition) is 0. The third-order valence-corrected chi connectivity index (χ3v) is 4.90. The van der Waals surface area contributed by atoms with Crippen molar-refractivity contribution in [2.45, 2.75) is 45.6 Å². The van der Waals surface area contributed by atoms with Gasteiger partial charge in [-0.2, -0.15) is 0 Å². The third-order valence-electron chi connectivity index (χ3n) is 4.90. The Kier molecular flexibility index (Phi) is 6.84. The molecule has 1 amide bonds. The Bertz CT molecular complexity index is 791. The van der Waals surface area contributed by atoms with Crippen LogP contribution in [0.2, 0.25) is 0 Å². The van der Waals surface area contributed by atoms with Crippen molar-refractivity contribution in [2.75, 3.05) is 32.9 Å². The molecule has 8 nitrogen and oxygen atoms in total. The van der Waals surface area contributed by atoms with E-state index in [9.17, 15) is 14.4 Å². The minimum absolute atomic E-state index is 0.301. The molecule has 0 aliphatic carbocycles. The molecule has 164 valence electrons. The molecule has 1 aromatic rings. The van der Waals surface area contributed by atoms with Crippen LogP contribution in [0.15, 0.2) is 18.2 Å². The number of piperidine rings is 1. The van der Waals surface area contributed by atoms with Crippen molar-refractivity contribution in [2.24, 2.45) is 5.92 Å². The highest BCUT2D eigenvalue weighted by molar-refractivity contribution is 5.98. The van der Waals surface area contributed by atoms with Crippen LogP contribution in [-0.2, 0) is 14.3 Å². The van der Waals surface area contributed by atoms with Crippen LogP contribution in [0, 0.1) is 5.92 Å². The van der Waals surface area contributed by atoms with E-state index in [0.717, 1.165) is 6.42 Å². The molecule has 8 heteroatoms. The number of ketones is 1. The lowest BCUT2D eigenvalue weighted by Crippen LogP contribution is -2.43. The zero-order chi connectivity index (χ0) is 21.7. The molecule has 1 saturated heterocycles. The van der Waals surface area contributed by atoms with Gasteiger partial charge in [0.15, 0.2) is 23.9 Å². The van der Waals surface area contributed by atoms with E-state index in [-0.39, 0.29) is 24.4 Å². The fraction of sp³-hybridized carbons (Fsp3) is 0.591. The van der Waals surface area contributed by atoms with E-state index in [1.807, 2.05) is 20.8 Å². The Hall–Kier alpha value is -2.77. The van der Waals surface area contributed by atoms with Crippen molar-refractivity contribution in [3.05, 3.63) is 23.8 Å². The zero-order valence-corrected chi connectivity index (χ0v) is 17.8. The largest absolute Gasteiger partial charge is 0.490 e. The maximum absolute atomic E-state index is 12.4. The monoisotopic (exact) mass is 419 g/mol. The average Bonchev–Trinajstić information content (AvgIpc) is 2.95. The summed E-state index contributed by atoms with van der Waals surface area (Å²) in [6.07, 6.45) is 1.37. The Morgan fingerprint density at radius 1 is 1.07 bits per heavy atom. The van der Waals surface area contributed by atoms with Crippen LogP contribution < -0.4 is 9.47 Å². The van der Waals surface area contributed by atoms with Crippen LogP contribution in [-0.4, -0.2) is 61.3 Å². The number of rotatable bonds is 4. The predicted molar refractivity (Wildman–Crippen MR) is 108 cm³/mol. The van der Waals surface area contributed by atoms with Crippen molar-refractivity contribution in [3.8, 4) is 11.5 Å². The minimum Gasteiger partial charge on any atom is -0.490 e. The van der Waals surface area contributed by atoms with Crippen molar-refractivity contribution < 1.29 is 33.3 Å².